The Hall–Kier alpha value is -1.42. The van der Waals surface area contributed by atoms with Crippen LogP contribution in [0.3, 0.4) is 0 Å². The van der Waals surface area contributed by atoms with Gasteiger partial charge < -0.3 is 5.73 Å². The fourth-order valence-electron chi connectivity index (χ4n) is 0.800. The molecule has 0 aromatic carbocycles. The van der Waals surface area contributed by atoms with E-state index in [1.54, 1.807) is 6.08 Å². The molecular weight excluding hydrogens is 154 g/mol. The van der Waals surface area contributed by atoms with E-state index in [0.29, 0.717) is 13.1 Å². The van der Waals surface area contributed by atoms with Crippen LogP contribution in [-0.4, -0.2) is 16.1 Å². The number of hydrogen-bond donors (Lipinski definition) is 1. The molecule has 0 unspecified atom stereocenters. The van der Waals surface area contributed by atoms with Crippen molar-refractivity contribution in [2.75, 3.05) is 6.54 Å². The lowest BCUT2D eigenvalue weighted by Crippen LogP contribution is -2.17. The predicted octanol–water partition coefficient (Wildman–Crippen LogP) is -0.242. The van der Waals surface area contributed by atoms with Crippen LogP contribution in [0.4, 0.5) is 0 Å². The maximum Gasteiger partial charge on any atom is 0.253 e. The van der Waals surface area contributed by atoms with E-state index in [4.69, 9.17) is 5.73 Å². The minimum absolute atomic E-state index is 0.0494. The minimum Gasteiger partial charge on any atom is -0.327 e. The molecule has 1 rings (SSSR count). The van der Waals surface area contributed by atoms with Gasteiger partial charge in [-0.25, -0.2) is 4.98 Å². The Morgan fingerprint density at radius 3 is 3.08 bits per heavy atom. The van der Waals surface area contributed by atoms with Crippen LogP contribution in [-0.2, 0) is 6.54 Å². The summed E-state index contributed by atoms with van der Waals surface area (Å²) in [4.78, 5) is 14.9. The van der Waals surface area contributed by atoms with E-state index in [9.17, 15) is 4.79 Å². The molecule has 0 aliphatic heterocycles. The zero-order valence-electron chi connectivity index (χ0n) is 6.68. The quantitative estimate of drug-likeness (QED) is 0.629. The van der Waals surface area contributed by atoms with Crippen molar-refractivity contribution in [3.8, 4) is 0 Å². The molecule has 0 spiro atoms. The van der Waals surface area contributed by atoms with Crippen LogP contribution in [0.5, 0.6) is 0 Å². The van der Waals surface area contributed by atoms with Gasteiger partial charge >= 0.3 is 0 Å². The molecule has 1 aromatic heterocycles. The van der Waals surface area contributed by atoms with Gasteiger partial charge in [-0.2, -0.15) is 0 Å². The predicted molar refractivity (Wildman–Crippen MR) is 46.7 cm³/mol. The van der Waals surface area contributed by atoms with Crippen molar-refractivity contribution in [2.24, 2.45) is 5.73 Å². The van der Waals surface area contributed by atoms with Gasteiger partial charge in [-0.05, 0) is 0 Å². The molecule has 0 atom stereocenters. The molecule has 0 aliphatic carbocycles. The van der Waals surface area contributed by atoms with Crippen LogP contribution in [0.2, 0.25) is 0 Å². The monoisotopic (exact) mass is 165 g/mol. The summed E-state index contributed by atoms with van der Waals surface area (Å²) < 4.78 is 1.51. The van der Waals surface area contributed by atoms with Crippen molar-refractivity contribution in [1.82, 2.24) is 9.55 Å². The fraction of sp³-hybridized carbons (Fsp3) is 0.250. The maximum atomic E-state index is 11.1. The summed E-state index contributed by atoms with van der Waals surface area (Å²) in [7, 11) is 0. The Labute approximate surface area is 70.4 Å². The van der Waals surface area contributed by atoms with Crippen molar-refractivity contribution in [1.29, 1.82) is 0 Å². The average molecular weight is 165 g/mol. The Morgan fingerprint density at radius 2 is 2.42 bits per heavy atom. The van der Waals surface area contributed by atoms with E-state index in [1.807, 2.05) is 6.08 Å². The van der Waals surface area contributed by atoms with Gasteiger partial charge in [0.1, 0.15) is 0 Å². The normalized spacial score (nSPS) is 10.8. The zero-order chi connectivity index (χ0) is 8.81. The molecule has 0 aliphatic rings. The van der Waals surface area contributed by atoms with E-state index in [2.05, 4.69) is 4.98 Å². The smallest absolute Gasteiger partial charge is 0.253 e. The first-order chi connectivity index (χ1) is 5.84. The Morgan fingerprint density at radius 1 is 1.58 bits per heavy atom. The molecule has 1 aromatic rings. The molecule has 4 nitrogen and oxygen atoms in total. The summed E-state index contributed by atoms with van der Waals surface area (Å²) in [5, 5.41) is 0. The van der Waals surface area contributed by atoms with Gasteiger partial charge in [0.25, 0.3) is 5.56 Å². The number of allylic oxidation sites excluding steroid dienone is 1. The first-order valence-electron chi connectivity index (χ1n) is 3.70. The van der Waals surface area contributed by atoms with Crippen LogP contribution in [0.1, 0.15) is 0 Å². The third-order valence-corrected chi connectivity index (χ3v) is 1.40. The van der Waals surface area contributed by atoms with Crippen LogP contribution in [0.15, 0.2) is 35.5 Å². The van der Waals surface area contributed by atoms with E-state index >= 15 is 0 Å². The van der Waals surface area contributed by atoms with Gasteiger partial charge in [-0.3, -0.25) is 9.36 Å². The number of hydrogen-bond acceptors (Lipinski definition) is 3. The van der Waals surface area contributed by atoms with Crippen LogP contribution in [0, 0.1) is 0 Å². The molecule has 64 valence electrons. The van der Waals surface area contributed by atoms with Crippen LogP contribution >= 0.6 is 0 Å². The molecule has 1 heterocycles. The molecule has 0 saturated carbocycles. The topological polar surface area (TPSA) is 60.9 Å². The van der Waals surface area contributed by atoms with E-state index < -0.39 is 0 Å². The summed E-state index contributed by atoms with van der Waals surface area (Å²) in [6, 6.07) is 1.43. The van der Waals surface area contributed by atoms with E-state index in [0.717, 1.165) is 0 Å². The molecule has 2 N–H and O–H groups in total. The second-order valence-corrected chi connectivity index (χ2v) is 2.28. The second kappa shape index (κ2) is 4.46. The summed E-state index contributed by atoms with van der Waals surface area (Å²) in [6.07, 6.45) is 6.62. The first-order valence-corrected chi connectivity index (χ1v) is 3.70. The SMILES string of the molecule is NC/C=C/Cn1cnccc1=O. The zero-order valence-corrected chi connectivity index (χ0v) is 6.68. The number of nitrogens with two attached hydrogens (primary N) is 1. The van der Waals surface area contributed by atoms with Crippen LogP contribution < -0.4 is 11.3 Å². The average Bonchev–Trinajstić information content (AvgIpc) is 2.09. The number of aromatic nitrogens is 2. The third-order valence-electron chi connectivity index (χ3n) is 1.40. The fourth-order valence-corrected chi connectivity index (χ4v) is 0.800. The molecule has 12 heavy (non-hydrogen) atoms. The largest absolute Gasteiger partial charge is 0.327 e. The Balaban J connectivity index is 2.70. The summed E-state index contributed by atoms with van der Waals surface area (Å²) in [6.45, 7) is 1.03. The highest BCUT2D eigenvalue weighted by molar-refractivity contribution is 4.88. The third kappa shape index (κ3) is 2.32. The Bertz CT molecular complexity index is 316. The standard InChI is InChI=1S/C8H11N3O/c9-4-1-2-6-11-7-10-5-3-8(11)12/h1-3,5,7H,4,6,9H2/b2-1+. The molecule has 4 heteroatoms. The van der Waals surface area contributed by atoms with Crippen LogP contribution in [0.25, 0.3) is 0 Å². The lowest BCUT2D eigenvalue weighted by atomic mass is 10.5. The summed E-state index contributed by atoms with van der Waals surface area (Å²) >= 11 is 0. The van der Waals surface area contributed by atoms with Gasteiger partial charge in [0, 0.05) is 25.4 Å². The lowest BCUT2D eigenvalue weighted by molar-refractivity contribution is 0.751. The second-order valence-electron chi connectivity index (χ2n) is 2.28. The van der Waals surface area contributed by atoms with Crippen molar-refractivity contribution in [3.05, 3.63) is 41.1 Å². The van der Waals surface area contributed by atoms with E-state index in [-0.39, 0.29) is 5.56 Å². The molecule has 0 fully saturated rings. The van der Waals surface area contributed by atoms with Gasteiger partial charge in [-0.15, -0.1) is 0 Å². The first kappa shape index (κ1) is 8.67. The Kier molecular flexibility index (Phi) is 3.22. The molecule has 0 bridgehead atoms. The highest BCUT2D eigenvalue weighted by atomic mass is 16.1. The van der Waals surface area contributed by atoms with Gasteiger partial charge in [0.05, 0.1) is 6.33 Å². The molecule has 0 radical (unpaired) electrons. The molecule has 0 amide bonds. The minimum atomic E-state index is -0.0494. The van der Waals surface area contributed by atoms with Crippen molar-refractivity contribution >= 4 is 0 Å². The number of nitrogens with zero attached hydrogens (tertiary/aromatic N) is 2. The summed E-state index contributed by atoms with van der Waals surface area (Å²) in [5.74, 6) is 0. The highest BCUT2D eigenvalue weighted by Gasteiger charge is 1.88. The summed E-state index contributed by atoms with van der Waals surface area (Å²) in [5.41, 5.74) is 5.19. The van der Waals surface area contributed by atoms with Gasteiger partial charge in [-0.1, -0.05) is 12.2 Å². The molecular formula is C8H11N3O. The number of rotatable bonds is 3. The van der Waals surface area contributed by atoms with Crippen molar-refractivity contribution < 1.29 is 0 Å². The van der Waals surface area contributed by atoms with Crippen molar-refractivity contribution in [3.63, 3.8) is 0 Å². The van der Waals surface area contributed by atoms with Crippen molar-refractivity contribution in [2.45, 2.75) is 6.54 Å². The van der Waals surface area contributed by atoms with Gasteiger partial charge in [0.15, 0.2) is 0 Å². The van der Waals surface area contributed by atoms with E-state index in [1.165, 1.54) is 23.2 Å². The maximum absolute atomic E-state index is 11.1. The lowest BCUT2D eigenvalue weighted by Gasteiger charge is -1.97. The molecule has 0 saturated heterocycles. The van der Waals surface area contributed by atoms with Gasteiger partial charge in [0.2, 0.25) is 0 Å². The highest BCUT2D eigenvalue weighted by Crippen LogP contribution is 1.79.